The van der Waals surface area contributed by atoms with E-state index in [9.17, 15) is 13.2 Å². The molecular formula is C15H13BrClNO3S. The van der Waals surface area contributed by atoms with E-state index in [1.807, 2.05) is 13.0 Å². The van der Waals surface area contributed by atoms with Gasteiger partial charge in [0.15, 0.2) is 0 Å². The monoisotopic (exact) mass is 401 g/mol. The van der Waals surface area contributed by atoms with Gasteiger partial charge in [-0.15, -0.1) is 0 Å². The summed E-state index contributed by atoms with van der Waals surface area (Å²) < 4.78 is 27.4. The maximum absolute atomic E-state index is 12.8. The molecule has 2 aromatic carbocycles. The first kappa shape index (κ1) is 17.0. The highest BCUT2D eigenvalue weighted by Gasteiger charge is 2.26. The van der Waals surface area contributed by atoms with Gasteiger partial charge >= 0.3 is 0 Å². The lowest BCUT2D eigenvalue weighted by Gasteiger charge is -2.23. The SMILES string of the molecule is Cc1cccc(N(CC(=O)Cl)S(=O)(=O)c2ccc(Br)cc2)c1. The summed E-state index contributed by atoms with van der Waals surface area (Å²) >= 11 is 8.69. The summed E-state index contributed by atoms with van der Waals surface area (Å²) in [5.74, 6) is 0. The number of carbonyl (C=O) groups excluding carboxylic acids is 1. The predicted molar refractivity (Wildman–Crippen MR) is 90.7 cm³/mol. The zero-order valence-corrected chi connectivity index (χ0v) is 14.8. The lowest BCUT2D eigenvalue weighted by molar-refractivity contribution is -0.110. The maximum atomic E-state index is 12.8. The minimum absolute atomic E-state index is 0.0927. The number of halogens is 2. The molecular weight excluding hydrogens is 390 g/mol. The van der Waals surface area contributed by atoms with Crippen molar-refractivity contribution in [2.45, 2.75) is 11.8 Å². The van der Waals surface area contributed by atoms with Crippen LogP contribution >= 0.6 is 27.5 Å². The molecule has 0 aliphatic rings. The van der Waals surface area contributed by atoms with Crippen LogP contribution in [0.5, 0.6) is 0 Å². The Morgan fingerprint density at radius 1 is 1.18 bits per heavy atom. The molecule has 0 saturated heterocycles. The Balaban J connectivity index is 2.53. The van der Waals surface area contributed by atoms with Crippen LogP contribution < -0.4 is 4.31 Å². The van der Waals surface area contributed by atoms with E-state index in [4.69, 9.17) is 11.6 Å². The maximum Gasteiger partial charge on any atom is 0.264 e. The topological polar surface area (TPSA) is 54.5 Å². The fraction of sp³-hybridized carbons (Fsp3) is 0.133. The number of anilines is 1. The number of aryl methyl sites for hydroxylation is 1. The molecule has 0 heterocycles. The van der Waals surface area contributed by atoms with Gasteiger partial charge in [0.2, 0.25) is 5.24 Å². The van der Waals surface area contributed by atoms with Gasteiger partial charge in [-0.3, -0.25) is 9.10 Å². The van der Waals surface area contributed by atoms with Crippen molar-refractivity contribution in [3.05, 3.63) is 58.6 Å². The smallest absolute Gasteiger partial charge is 0.264 e. The van der Waals surface area contributed by atoms with Gasteiger partial charge in [-0.1, -0.05) is 28.1 Å². The largest absolute Gasteiger partial charge is 0.279 e. The van der Waals surface area contributed by atoms with Crippen LogP contribution in [0, 0.1) is 6.92 Å². The van der Waals surface area contributed by atoms with Crippen LogP contribution in [0.15, 0.2) is 57.9 Å². The number of rotatable bonds is 5. The Bertz CT molecular complexity index is 791. The van der Waals surface area contributed by atoms with Crippen molar-refractivity contribution in [3.8, 4) is 0 Å². The van der Waals surface area contributed by atoms with Gasteiger partial charge in [-0.05, 0) is 60.5 Å². The Morgan fingerprint density at radius 3 is 2.36 bits per heavy atom. The minimum atomic E-state index is -3.88. The molecule has 0 atom stereocenters. The standard InChI is InChI=1S/C15H13BrClNO3S/c1-11-3-2-4-13(9-11)18(10-15(17)19)22(20,21)14-7-5-12(16)6-8-14/h2-9H,10H2,1H3. The molecule has 0 N–H and O–H groups in total. The van der Waals surface area contributed by atoms with Gasteiger partial charge in [0.05, 0.1) is 10.6 Å². The average Bonchev–Trinajstić information content (AvgIpc) is 2.45. The second kappa shape index (κ2) is 6.81. The minimum Gasteiger partial charge on any atom is -0.279 e. The van der Waals surface area contributed by atoms with Gasteiger partial charge in [-0.2, -0.15) is 0 Å². The van der Waals surface area contributed by atoms with Crippen molar-refractivity contribution in [2.24, 2.45) is 0 Å². The van der Waals surface area contributed by atoms with Crippen molar-refractivity contribution >= 4 is 48.5 Å². The third-order valence-electron chi connectivity index (χ3n) is 2.96. The van der Waals surface area contributed by atoms with Crippen molar-refractivity contribution in [1.29, 1.82) is 0 Å². The van der Waals surface area contributed by atoms with Crippen LogP contribution in [0.2, 0.25) is 0 Å². The molecule has 0 unspecified atom stereocenters. The van der Waals surface area contributed by atoms with Gasteiger partial charge in [0.1, 0.15) is 6.54 Å². The number of hydrogen-bond acceptors (Lipinski definition) is 3. The molecule has 0 amide bonds. The van der Waals surface area contributed by atoms with E-state index >= 15 is 0 Å². The van der Waals surface area contributed by atoms with Gasteiger partial charge in [0.25, 0.3) is 10.0 Å². The number of carbonyl (C=O) groups is 1. The molecule has 0 aliphatic carbocycles. The Morgan fingerprint density at radius 2 is 1.82 bits per heavy atom. The quantitative estimate of drug-likeness (QED) is 0.716. The van der Waals surface area contributed by atoms with E-state index in [1.165, 1.54) is 12.1 Å². The molecule has 0 aromatic heterocycles. The Kier molecular flexibility index (Phi) is 5.26. The lowest BCUT2D eigenvalue weighted by Crippen LogP contribution is -2.34. The normalized spacial score (nSPS) is 11.2. The summed E-state index contributed by atoms with van der Waals surface area (Å²) in [6.07, 6.45) is 0. The molecule has 2 aromatic rings. The fourth-order valence-electron chi connectivity index (χ4n) is 1.94. The summed E-state index contributed by atoms with van der Waals surface area (Å²) in [4.78, 5) is 11.4. The number of sulfonamides is 1. The second-order valence-corrected chi connectivity index (χ2v) is 7.86. The molecule has 0 bridgehead atoms. The first-order valence-electron chi connectivity index (χ1n) is 6.34. The van der Waals surface area contributed by atoms with E-state index in [0.717, 1.165) is 14.3 Å². The van der Waals surface area contributed by atoms with Crippen LogP contribution in [0.3, 0.4) is 0 Å². The van der Waals surface area contributed by atoms with Gasteiger partial charge < -0.3 is 0 Å². The first-order chi connectivity index (χ1) is 10.3. The third kappa shape index (κ3) is 3.88. The van der Waals surface area contributed by atoms with E-state index in [-0.39, 0.29) is 4.90 Å². The molecule has 0 spiro atoms. The lowest BCUT2D eigenvalue weighted by atomic mass is 10.2. The molecule has 0 fully saturated rings. The molecule has 7 heteroatoms. The number of benzene rings is 2. The van der Waals surface area contributed by atoms with Crippen molar-refractivity contribution in [3.63, 3.8) is 0 Å². The van der Waals surface area contributed by atoms with Crippen LogP contribution in [-0.2, 0) is 14.8 Å². The summed E-state index contributed by atoms with van der Waals surface area (Å²) in [6.45, 7) is 1.42. The van der Waals surface area contributed by atoms with Crippen LogP contribution in [0.1, 0.15) is 5.56 Å². The first-order valence-corrected chi connectivity index (χ1v) is 8.95. The summed E-state index contributed by atoms with van der Waals surface area (Å²) in [5, 5.41) is -0.748. The van der Waals surface area contributed by atoms with E-state index < -0.39 is 21.8 Å². The highest BCUT2D eigenvalue weighted by molar-refractivity contribution is 9.10. The summed E-state index contributed by atoms with van der Waals surface area (Å²) in [6, 6.07) is 13.1. The van der Waals surface area contributed by atoms with Crippen molar-refractivity contribution < 1.29 is 13.2 Å². The summed E-state index contributed by atoms with van der Waals surface area (Å²) in [5.41, 5.74) is 1.28. The molecule has 2 rings (SSSR count). The Labute approximate surface area is 142 Å². The second-order valence-electron chi connectivity index (χ2n) is 4.66. The zero-order chi connectivity index (χ0) is 16.3. The van der Waals surface area contributed by atoms with E-state index in [2.05, 4.69) is 15.9 Å². The zero-order valence-electron chi connectivity index (χ0n) is 11.7. The van der Waals surface area contributed by atoms with Crippen LogP contribution in [0.4, 0.5) is 5.69 Å². The van der Waals surface area contributed by atoms with Crippen LogP contribution in [0.25, 0.3) is 0 Å². The molecule has 0 radical (unpaired) electrons. The van der Waals surface area contributed by atoms with Crippen molar-refractivity contribution in [2.75, 3.05) is 10.8 Å². The number of nitrogens with zero attached hydrogens (tertiary/aromatic N) is 1. The number of hydrogen-bond donors (Lipinski definition) is 0. The van der Waals surface area contributed by atoms with E-state index in [0.29, 0.717) is 5.69 Å². The summed E-state index contributed by atoms with van der Waals surface area (Å²) in [7, 11) is -3.88. The molecule has 116 valence electrons. The highest BCUT2D eigenvalue weighted by Crippen LogP contribution is 2.25. The van der Waals surface area contributed by atoms with Crippen molar-refractivity contribution in [1.82, 2.24) is 0 Å². The average molecular weight is 403 g/mol. The molecule has 22 heavy (non-hydrogen) atoms. The van der Waals surface area contributed by atoms with Gasteiger partial charge in [-0.25, -0.2) is 8.42 Å². The Hall–Kier alpha value is -1.37. The molecule has 0 aliphatic heterocycles. The molecule has 4 nitrogen and oxygen atoms in total. The predicted octanol–water partition coefficient (Wildman–Crippen LogP) is 3.72. The highest BCUT2D eigenvalue weighted by atomic mass is 79.9. The third-order valence-corrected chi connectivity index (χ3v) is 5.40. The van der Waals surface area contributed by atoms with Crippen LogP contribution in [-0.4, -0.2) is 20.2 Å². The van der Waals surface area contributed by atoms with E-state index in [1.54, 1.807) is 30.3 Å². The fourth-order valence-corrected chi connectivity index (χ4v) is 3.81. The van der Waals surface area contributed by atoms with Gasteiger partial charge in [0, 0.05) is 4.47 Å². The molecule has 0 saturated carbocycles.